The molecule has 20 heavy (non-hydrogen) atoms. The smallest absolute Gasteiger partial charge is 0.253 e. The minimum Gasteiger partial charge on any atom is -0.490 e. The summed E-state index contributed by atoms with van der Waals surface area (Å²) < 4.78 is 5.30. The third-order valence-corrected chi connectivity index (χ3v) is 3.12. The topological polar surface area (TPSA) is 119 Å². The highest BCUT2D eigenvalue weighted by Gasteiger charge is 2.14. The Hall–Kier alpha value is -2.29. The third-order valence-electron chi connectivity index (χ3n) is 2.25. The van der Waals surface area contributed by atoms with Crippen molar-refractivity contribution in [1.82, 2.24) is 19.9 Å². The molecule has 0 aliphatic carbocycles. The first-order chi connectivity index (χ1) is 9.63. The first kappa shape index (κ1) is 14.1. The second-order valence-corrected chi connectivity index (χ2v) is 4.65. The van der Waals surface area contributed by atoms with E-state index in [2.05, 4.69) is 25.3 Å². The Morgan fingerprint density at radius 1 is 1.50 bits per heavy atom. The number of hydrogen-bond donors (Lipinski definition) is 3. The number of nitrogens with zero attached hydrogens (tertiary/aromatic N) is 3. The molecule has 0 amide bonds. The van der Waals surface area contributed by atoms with Gasteiger partial charge < -0.3 is 20.8 Å². The lowest BCUT2D eigenvalue weighted by Crippen LogP contribution is -2.09. The molecule has 0 saturated carbocycles. The molecule has 2 rings (SSSR count). The van der Waals surface area contributed by atoms with Gasteiger partial charge >= 0.3 is 0 Å². The number of ether oxygens (including phenoxy) is 1. The lowest BCUT2D eigenvalue weighted by Gasteiger charge is -2.11. The van der Waals surface area contributed by atoms with Gasteiger partial charge in [0.15, 0.2) is 21.7 Å². The molecule has 2 aromatic heterocycles. The van der Waals surface area contributed by atoms with Crippen molar-refractivity contribution < 1.29 is 4.74 Å². The maximum atomic E-state index is 11.4. The van der Waals surface area contributed by atoms with Gasteiger partial charge in [0.25, 0.3) is 5.56 Å². The summed E-state index contributed by atoms with van der Waals surface area (Å²) in [6.07, 6.45) is 1.41. The van der Waals surface area contributed by atoms with Crippen LogP contribution in [0.15, 0.2) is 27.4 Å². The van der Waals surface area contributed by atoms with Gasteiger partial charge in [-0.25, -0.2) is 15.0 Å². The summed E-state index contributed by atoms with van der Waals surface area (Å²) in [4.78, 5) is 26.2. The summed E-state index contributed by atoms with van der Waals surface area (Å²) >= 11 is 1.14. The van der Waals surface area contributed by atoms with Gasteiger partial charge in [0.2, 0.25) is 0 Å². The fourth-order valence-electron chi connectivity index (χ4n) is 1.50. The number of rotatable bonds is 5. The predicted molar refractivity (Wildman–Crippen MR) is 76.1 cm³/mol. The molecule has 4 N–H and O–H groups in total. The Morgan fingerprint density at radius 3 is 2.95 bits per heavy atom. The largest absolute Gasteiger partial charge is 0.490 e. The third kappa shape index (κ3) is 3.18. The van der Waals surface area contributed by atoms with E-state index in [1.807, 2.05) is 6.92 Å². The van der Waals surface area contributed by atoms with Crippen LogP contribution in [-0.2, 0) is 0 Å². The van der Waals surface area contributed by atoms with Gasteiger partial charge in [0.05, 0.1) is 7.11 Å². The van der Waals surface area contributed by atoms with Crippen LogP contribution in [0, 0.1) is 0 Å². The van der Waals surface area contributed by atoms with E-state index in [0.29, 0.717) is 28.3 Å². The van der Waals surface area contributed by atoms with E-state index >= 15 is 0 Å². The van der Waals surface area contributed by atoms with E-state index in [1.54, 1.807) is 0 Å². The van der Waals surface area contributed by atoms with Crippen molar-refractivity contribution in [2.75, 3.05) is 24.7 Å². The number of aromatic nitrogens is 4. The first-order valence-corrected chi connectivity index (χ1v) is 6.63. The number of aromatic amines is 1. The molecule has 0 atom stereocenters. The Bertz CT molecular complexity index is 660. The molecule has 106 valence electrons. The monoisotopic (exact) mass is 294 g/mol. The summed E-state index contributed by atoms with van der Waals surface area (Å²) in [6.45, 7) is 2.65. The Kier molecular flexibility index (Phi) is 4.41. The van der Waals surface area contributed by atoms with E-state index in [4.69, 9.17) is 10.5 Å². The lowest BCUT2D eigenvalue weighted by molar-refractivity contribution is 0.400. The summed E-state index contributed by atoms with van der Waals surface area (Å²) in [7, 11) is 1.53. The number of nitrogens with two attached hydrogens (primary N) is 1. The van der Waals surface area contributed by atoms with Crippen LogP contribution in [0.2, 0.25) is 0 Å². The SMILES string of the molecule is CCNc1ncnc(Sc2nc(N)cc(=O)[nH]2)c1OC. The van der Waals surface area contributed by atoms with Gasteiger partial charge in [-0.3, -0.25) is 4.79 Å². The van der Waals surface area contributed by atoms with Crippen LogP contribution in [0.4, 0.5) is 11.6 Å². The van der Waals surface area contributed by atoms with Gasteiger partial charge in [-0.2, -0.15) is 0 Å². The van der Waals surface area contributed by atoms with E-state index in [9.17, 15) is 4.79 Å². The predicted octanol–water partition coefficient (Wildman–Crippen LogP) is 0.734. The van der Waals surface area contributed by atoms with E-state index < -0.39 is 0 Å². The number of nitrogens with one attached hydrogen (secondary N) is 2. The second-order valence-electron chi connectivity index (χ2n) is 3.67. The molecule has 0 bridgehead atoms. The normalized spacial score (nSPS) is 10.3. The fourth-order valence-corrected chi connectivity index (χ4v) is 2.36. The molecular weight excluding hydrogens is 280 g/mol. The Balaban J connectivity index is 2.37. The number of H-pyrrole nitrogens is 1. The van der Waals surface area contributed by atoms with Gasteiger partial charge in [-0.1, -0.05) is 0 Å². The fraction of sp³-hybridized carbons (Fsp3) is 0.273. The number of methoxy groups -OCH3 is 1. The van der Waals surface area contributed by atoms with Crippen molar-refractivity contribution in [1.29, 1.82) is 0 Å². The van der Waals surface area contributed by atoms with Crippen molar-refractivity contribution in [3.8, 4) is 5.75 Å². The molecule has 8 nitrogen and oxygen atoms in total. The molecule has 0 aromatic carbocycles. The van der Waals surface area contributed by atoms with Crippen molar-refractivity contribution in [3.05, 3.63) is 22.7 Å². The molecule has 0 radical (unpaired) electrons. The minimum absolute atomic E-state index is 0.149. The van der Waals surface area contributed by atoms with Gasteiger partial charge in [-0.05, 0) is 18.7 Å². The van der Waals surface area contributed by atoms with Gasteiger partial charge in [-0.15, -0.1) is 0 Å². The quantitative estimate of drug-likeness (QED) is 0.545. The molecule has 0 aliphatic rings. The van der Waals surface area contributed by atoms with Crippen LogP contribution in [0.1, 0.15) is 6.92 Å². The molecule has 0 fully saturated rings. The van der Waals surface area contributed by atoms with Crippen LogP contribution in [0.3, 0.4) is 0 Å². The van der Waals surface area contributed by atoms with Crippen molar-refractivity contribution in [2.24, 2.45) is 0 Å². The zero-order valence-corrected chi connectivity index (χ0v) is 11.8. The summed E-state index contributed by atoms with van der Waals surface area (Å²) in [5, 5.41) is 3.95. The average Bonchev–Trinajstić information content (AvgIpc) is 2.38. The highest BCUT2D eigenvalue weighted by atomic mass is 32.2. The molecule has 0 saturated heterocycles. The molecular formula is C11H14N6O2S. The maximum absolute atomic E-state index is 11.4. The second kappa shape index (κ2) is 6.24. The molecule has 0 spiro atoms. The van der Waals surface area contributed by atoms with Crippen molar-refractivity contribution in [3.63, 3.8) is 0 Å². The zero-order valence-electron chi connectivity index (χ0n) is 11.0. The summed E-state index contributed by atoms with van der Waals surface area (Å²) in [5.74, 6) is 1.22. The highest BCUT2D eigenvalue weighted by molar-refractivity contribution is 7.99. The molecule has 2 aromatic rings. The van der Waals surface area contributed by atoms with Crippen molar-refractivity contribution in [2.45, 2.75) is 17.1 Å². The van der Waals surface area contributed by atoms with Crippen molar-refractivity contribution >= 4 is 23.4 Å². The lowest BCUT2D eigenvalue weighted by atomic mass is 10.5. The zero-order chi connectivity index (χ0) is 14.5. The van der Waals surface area contributed by atoms with E-state index in [1.165, 1.54) is 19.5 Å². The van der Waals surface area contributed by atoms with E-state index in [-0.39, 0.29) is 11.4 Å². The van der Waals surface area contributed by atoms with Crippen LogP contribution in [-0.4, -0.2) is 33.6 Å². The first-order valence-electron chi connectivity index (χ1n) is 5.81. The van der Waals surface area contributed by atoms with Crippen LogP contribution in [0.5, 0.6) is 5.75 Å². The number of anilines is 2. The van der Waals surface area contributed by atoms with E-state index in [0.717, 1.165) is 11.8 Å². The minimum atomic E-state index is -0.320. The van der Waals surface area contributed by atoms with Crippen LogP contribution in [0.25, 0.3) is 0 Å². The van der Waals surface area contributed by atoms with Crippen LogP contribution >= 0.6 is 11.8 Å². The molecule has 0 unspecified atom stereocenters. The molecule has 0 aliphatic heterocycles. The number of nitrogen functional groups attached to an aromatic ring is 1. The highest BCUT2D eigenvalue weighted by Crippen LogP contribution is 2.34. The average molecular weight is 294 g/mol. The standard InChI is InChI=1S/C11H14N6O2S/c1-3-13-9-8(19-2)10(15-5-14-9)20-11-16-6(12)4-7(18)17-11/h4-5H,3H2,1-2H3,(H,13,14,15)(H3,12,16,17,18). The van der Waals surface area contributed by atoms with Gasteiger partial charge in [0.1, 0.15) is 12.1 Å². The Morgan fingerprint density at radius 2 is 2.30 bits per heavy atom. The summed E-state index contributed by atoms with van der Waals surface area (Å²) in [6, 6.07) is 1.21. The summed E-state index contributed by atoms with van der Waals surface area (Å²) in [5.41, 5.74) is 5.22. The molecule has 9 heteroatoms. The van der Waals surface area contributed by atoms with Crippen LogP contribution < -0.4 is 21.3 Å². The van der Waals surface area contributed by atoms with Gasteiger partial charge in [0, 0.05) is 12.6 Å². The number of hydrogen-bond acceptors (Lipinski definition) is 8. The maximum Gasteiger partial charge on any atom is 0.253 e. The molecule has 2 heterocycles. The Labute approximate surface area is 119 Å².